The molecule has 10 nitrogen and oxygen atoms in total. The van der Waals surface area contributed by atoms with Gasteiger partial charge in [-0.3, -0.25) is 14.4 Å². The summed E-state index contributed by atoms with van der Waals surface area (Å²) in [5.41, 5.74) is 11.0. The standard InChI is InChI=1S/C16H22N4O6S/c17-10(6-13(18)22)14(23)20-12(7-27)15(24)19-11(16(25)26)5-8-1-3-9(21)4-2-8/h1-4,10-12,21,27H,5-7,17H2,(H2,18,22)(H,19,24)(H,20,23)(H,25,26)/t10-,11-,12-/m0/s1. The zero-order chi connectivity index (χ0) is 20.6. The van der Waals surface area contributed by atoms with Crippen LogP contribution in [0.3, 0.4) is 0 Å². The molecule has 0 radical (unpaired) electrons. The number of aliphatic carboxylic acids is 1. The lowest BCUT2D eigenvalue weighted by molar-refractivity contribution is -0.142. The van der Waals surface area contributed by atoms with Gasteiger partial charge in [-0.15, -0.1) is 0 Å². The van der Waals surface area contributed by atoms with E-state index in [9.17, 15) is 29.4 Å². The normalized spacial score (nSPS) is 13.9. The molecule has 0 heterocycles. The molecule has 3 atom stereocenters. The van der Waals surface area contributed by atoms with Crippen molar-refractivity contribution in [2.75, 3.05) is 5.75 Å². The number of aromatic hydroxyl groups is 1. The molecule has 1 aromatic carbocycles. The first-order chi connectivity index (χ1) is 12.6. The summed E-state index contributed by atoms with van der Waals surface area (Å²) in [7, 11) is 0. The van der Waals surface area contributed by atoms with E-state index < -0.39 is 48.2 Å². The van der Waals surface area contributed by atoms with Crippen LogP contribution in [0.4, 0.5) is 0 Å². The lowest BCUT2D eigenvalue weighted by Crippen LogP contribution is -2.56. The van der Waals surface area contributed by atoms with Crippen molar-refractivity contribution in [2.24, 2.45) is 11.5 Å². The Balaban J connectivity index is 2.74. The Labute approximate surface area is 160 Å². The Morgan fingerprint density at radius 1 is 1.04 bits per heavy atom. The van der Waals surface area contributed by atoms with Crippen LogP contribution in [0.25, 0.3) is 0 Å². The zero-order valence-corrected chi connectivity index (χ0v) is 15.2. The van der Waals surface area contributed by atoms with Gasteiger partial charge >= 0.3 is 5.97 Å². The summed E-state index contributed by atoms with van der Waals surface area (Å²) >= 11 is 3.97. The van der Waals surface area contributed by atoms with E-state index in [2.05, 4.69) is 23.3 Å². The molecule has 0 saturated heterocycles. The molecule has 8 N–H and O–H groups in total. The van der Waals surface area contributed by atoms with Crippen LogP contribution in [0.15, 0.2) is 24.3 Å². The van der Waals surface area contributed by atoms with Gasteiger partial charge in [0, 0.05) is 12.2 Å². The summed E-state index contributed by atoms with van der Waals surface area (Å²) in [5, 5.41) is 23.2. The third-order valence-electron chi connectivity index (χ3n) is 3.56. The fourth-order valence-electron chi connectivity index (χ4n) is 2.12. The maximum Gasteiger partial charge on any atom is 0.326 e. The van der Waals surface area contributed by atoms with Gasteiger partial charge in [-0.2, -0.15) is 12.6 Å². The Bertz CT molecular complexity index is 697. The monoisotopic (exact) mass is 398 g/mol. The van der Waals surface area contributed by atoms with Gasteiger partial charge < -0.3 is 32.3 Å². The highest BCUT2D eigenvalue weighted by Gasteiger charge is 2.27. The van der Waals surface area contributed by atoms with Crippen LogP contribution in [0.2, 0.25) is 0 Å². The van der Waals surface area contributed by atoms with Crippen LogP contribution in [0.1, 0.15) is 12.0 Å². The van der Waals surface area contributed by atoms with Crippen molar-refractivity contribution in [1.82, 2.24) is 10.6 Å². The van der Waals surface area contributed by atoms with Crippen molar-refractivity contribution in [1.29, 1.82) is 0 Å². The Morgan fingerprint density at radius 3 is 2.07 bits per heavy atom. The minimum atomic E-state index is -1.27. The topological polar surface area (TPSA) is 185 Å². The van der Waals surface area contributed by atoms with Crippen LogP contribution in [0.5, 0.6) is 5.75 Å². The van der Waals surface area contributed by atoms with Crippen LogP contribution in [0, 0.1) is 0 Å². The highest BCUT2D eigenvalue weighted by atomic mass is 32.1. The van der Waals surface area contributed by atoms with Gasteiger partial charge in [-0.25, -0.2) is 4.79 Å². The molecule has 0 fully saturated rings. The highest BCUT2D eigenvalue weighted by molar-refractivity contribution is 7.80. The molecule has 11 heteroatoms. The van der Waals surface area contributed by atoms with Crippen LogP contribution in [-0.2, 0) is 25.6 Å². The Kier molecular flexibility index (Phi) is 8.56. The van der Waals surface area contributed by atoms with E-state index in [1.165, 1.54) is 24.3 Å². The summed E-state index contributed by atoms with van der Waals surface area (Å²) in [4.78, 5) is 46.4. The number of carbonyl (C=O) groups is 4. The average Bonchev–Trinajstić information content (AvgIpc) is 2.59. The number of carboxylic acids is 1. The lowest BCUT2D eigenvalue weighted by Gasteiger charge is -2.21. The van der Waals surface area contributed by atoms with Gasteiger partial charge in [0.1, 0.15) is 17.8 Å². The number of rotatable bonds is 10. The van der Waals surface area contributed by atoms with Gasteiger partial charge in [0.15, 0.2) is 0 Å². The van der Waals surface area contributed by atoms with Gasteiger partial charge in [-0.05, 0) is 17.7 Å². The number of benzene rings is 1. The molecule has 0 aromatic heterocycles. The molecule has 1 aromatic rings. The van der Waals surface area contributed by atoms with E-state index in [-0.39, 0.29) is 17.9 Å². The third kappa shape index (κ3) is 7.54. The molecule has 1 rings (SSSR count). The minimum absolute atomic E-state index is 0.0276. The van der Waals surface area contributed by atoms with Gasteiger partial charge in [0.05, 0.1) is 12.5 Å². The van der Waals surface area contributed by atoms with Crippen molar-refractivity contribution in [3.05, 3.63) is 29.8 Å². The highest BCUT2D eigenvalue weighted by Crippen LogP contribution is 2.11. The first-order valence-corrected chi connectivity index (χ1v) is 8.53. The van der Waals surface area contributed by atoms with E-state index in [1.54, 1.807) is 0 Å². The summed E-state index contributed by atoms with van der Waals surface area (Å²) in [5.74, 6) is -3.69. The molecule has 3 amide bonds. The van der Waals surface area contributed by atoms with Crippen LogP contribution >= 0.6 is 12.6 Å². The third-order valence-corrected chi connectivity index (χ3v) is 3.93. The summed E-state index contributed by atoms with van der Waals surface area (Å²) in [6, 6.07) is 2.20. The molecule has 0 spiro atoms. The number of phenolic OH excluding ortho intramolecular Hbond substituents is 1. The van der Waals surface area contributed by atoms with Crippen LogP contribution < -0.4 is 22.1 Å². The first kappa shape index (κ1) is 22.3. The zero-order valence-electron chi connectivity index (χ0n) is 14.3. The molecule has 0 aliphatic carbocycles. The predicted octanol–water partition coefficient (Wildman–Crippen LogP) is -1.88. The second-order valence-corrected chi connectivity index (χ2v) is 6.16. The number of primary amides is 1. The summed E-state index contributed by atoms with van der Waals surface area (Å²) < 4.78 is 0. The number of thiol groups is 1. The van der Waals surface area contributed by atoms with Gasteiger partial charge in [-0.1, -0.05) is 12.1 Å². The van der Waals surface area contributed by atoms with Crippen molar-refractivity contribution in [3.8, 4) is 5.75 Å². The Hall–Kier alpha value is -2.79. The van der Waals surface area contributed by atoms with Crippen molar-refractivity contribution in [2.45, 2.75) is 31.0 Å². The summed E-state index contributed by atoms with van der Waals surface area (Å²) in [6.07, 6.45) is -0.429. The fraction of sp³-hybridized carbons (Fsp3) is 0.375. The van der Waals surface area contributed by atoms with E-state index >= 15 is 0 Å². The van der Waals surface area contributed by atoms with E-state index in [0.29, 0.717) is 5.56 Å². The molecule has 148 valence electrons. The van der Waals surface area contributed by atoms with E-state index in [4.69, 9.17) is 11.5 Å². The van der Waals surface area contributed by atoms with E-state index in [1.807, 2.05) is 0 Å². The minimum Gasteiger partial charge on any atom is -0.508 e. The number of phenols is 1. The maximum absolute atomic E-state index is 12.3. The SMILES string of the molecule is NC(=O)C[C@H](N)C(=O)N[C@@H](CS)C(=O)N[C@@H](Cc1ccc(O)cc1)C(=O)O. The molecule has 0 unspecified atom stereocenters. The molecule has 0 bridgehead atoms. The largest absolute Gasteiger partial charge is 0.508 e. The van der Waals surface area contributed by atoms with Crippen molar-refractivity contribution < 1.29 is 29.4 Å². The number of carbonyl (C=O) groups excluding carboxylic acids is 3. The average molecular weight is 398 g/mol. The number of carboxylic acid groups (broad SMARTS) is 1. The maximum atomic E-state index is 12.3. The fourth-order valence-corrected chi connectivity index (χ4v) is 2.38. The van der Waals surface area contributed by atoms with Crippen molar-refractivity contribution >= 4 is 36.3 Å². The van der Waals surface area contributed by atoms with Gasteiger partial charge in [0.2, 0.25) is 17.7 Å². The molecule has 0 aliphatic rings. The number of hydrogen-bond acceptors (Lipinski definition) is 7. The number of nitrogens with two attached hydrogens (primary N) is 2. The molecular weight excluding hydrogens is 376 g/mol. The quantitative estimate of drug-likeness (QED) is 0.225. The number of hydrogen-bond donors (Lipinski definition) is 7. The molecule has 27 heavy (non-hydrogen) atoms. The predicted molar refractivity (Wildman–Crippen MR) is 98.9 cm³/mol. The lowest BCUT2D eigenvalue weighted by atomic mass is 10.1. The molecule has 0 saturated carbocycles. The number of amides is 3. The first-order valence-electron chi connectivity index (χ1n) is 7.90. The van der Waals surface area contributed by atoms with E-state index in [0.717, 1.165) is 0 Å². The summed E-state index contributed by atoms with van der Waals surface area (Å²) in [6.45, 7) is 0. The molecular formula is C16H22N4O6S. The Morgan fingerprint density at radius 2 is 1.59 bits per heavy atom. The molecule has 0 aliphatic heterocycles. The van der Waals surface area contributed by atoms with Crippen molar-refractivity contribution in [3.63, 3.8) is 0 Å². The smallest absolute Gasteiger partial charge is 0.326 e. The van der Waals surface area contributed by atoms with Crippen LogP contribution in [-0.4, -0.2) is 57.8 Å². The second kappa shape index (κ2) is 10.4. The second-order valence-electron chi connectivity index (χ2n) is 5.79. The number of nitrogens with one attached hydrogen (secondary N) is 2. The van der Waals surface area contributed by atoms with Gasteiger partial charge in [0.25, 0.3) is 0 Å².